The van der Waals surface area contributed by atoms with Crippen LogP contribution in [0.5, 0.6) is 0 Å². The molecular formula is C16H26N2OS. The lowest BCUT2D eigenvalue weighted by Gasteiger charge is -2.17. The molecule has 1 aromatic rings. The highest BCUT2D eigenvalue weighted by molar-refractivity contribution is 7.99. The molecular weight excluding hydrogens is 268 g/mol. The van der Waals surface area contributed by atoms with E-state index in [9.17, 15) is 4.79 Å². The van der Waals surface area contributed by atoms with Crippen molar-refractivity contribution in [3.05, 3.63) is 24.3 Å². The van der Waals surface area contributed by atoms with Crippen molar-refractivity contribution in [2.24, 2.45) is 0 Å². The minimum atomic E-state index is -0.0304. The van der Waals surface area contributed by atoms with Gasteiger partial charge in [0.25, 0.3) is 0 Å². The van der Waals surface area contributed by atoms with E-state index in [1.165, 1.54) is 31.1 Å². The van der Waals surface area contributed by atoms with Crippen LogP contribution < -0.4 is 10.6 Å². The van der Waals surface area contributed by atoms with Crippen molar-refractivity contribution in [3.63, 3.8) is 0 Å². The molecule has 1 rings (SSSR count). The van der Waals surface area contributed by atoms with E-state index in [1.807, 2.05) is 23.9 Å². The standard InChI is InChI=1S/C16H26N2OS/c1-4-6-15(17-11-5-2)12-20-16-9-7-14(8-10-16)18-13(3)19/h7-10,15,17H,4-6,11-12H2,1-3H3,(H,18,19). The van der Waals surface area contributed by atoms with E-state index in [-0.39, 0.29) is 5.91 Å². The zero-order chi connectivity index (χ0) is 14.8. The van der Waals surface area contributed by atoms with Crippen LogP contribution in [0.2, 0.25) is 0 Å². The minimum absolute atomic E-state index is 0.0304. The number of rotatable bonds is 9. The molecule has 0 saturated carbocycles. The highest BCUT2D eigenvalue weighted by Crippen LogP contribution is 2.22. The van der Waals surface area contributed by atoms with Crippen LogP contribution >= 0.6 is 11.8 Å². The first kappa shape index (κ1) is 17.1. The number of anilines is 1. The molecule has 4 heteroatoms. The fourth-order valence-electron chi connectivity index (χ4n) is 1.98. The van der Waals surface area contributed by atoms with Crippen molar-refractivity contribution in [1.82, 2.24) is 5.32 Å². The number of benzene rings is 1. The number of nitrogens with one attached hydrogen (secondary N) is 2. The average molecular weight is 294 g/mol. The molecule has 0 radical (unpaired) electrons. The summed E-state index contributed by atoms with van der Waals surface area (Å²) >= 11 is 1.87. The van der Waals surface area contributed by atoms with E-state index >= 15 is 0 Å². The second-order valence-corrected chi connectivity index (χ2v) is 6.05. The third-order valence-corrected chi connectivity index (χ3v) is 4.12. The fraction of sp³-hybridized carbons (Fsp3) is 0.562. The molecule has 112 valence electrons. The average Bonchev–Trinajstić information content (AvgIpc) is 2.43. The summed E-state index contributed by atoms with van der Waals surface area (Å²) in [5.74, 6) is 1.06. The minimum Gasteiger partial charge on any atom is -0.326 e. The molecule has 0 aromatic heterocycles. The third kappa shape index (κ3) is 6.96. The Labute approximate surface area is 126 Å². The molecule has 0 saturated heterocycles. The maximum absolute atomic E-state index is 11.0. The lowest BCUT2D eigenvalue weighted by molar-refractivity contribution is -0.114. The van der Waals surface area contributed by atoms with E-state index < -0.39 is 0 Å². The van der Waals surface area contributed by atoms with Crippen LogP contribution in [0.3, 0.4) is 0 Å². The third-order valence-electron chi connectivity index (χ3n) is 2.95. The summed E-state index contributed by atoms with van der Waals surface area (Å²) in [7, 11) is 0. The molecule has 3 nitrogen and oxygen atoms in total. The highest BCUT2D eigenvalue weighted by atomic mass is 32.2. The van der Waals surface area contributed by atoms with Gasteiger partial charge in [-0.15, -0.1) is 11.8 Å². The molecule has 0 fully saturated rings. The van der Waals surface area contributed by atoms with Gasteiger partial charge in [-0.3, -0.25) is 4.79 Å². The molecule has 0 aliphatic heterocycles. The highest BCUT2D eigenvalue weighted by Gasteiger charge is 2.07. The second-order valence-electron chi connectivity index (χ2n) is 4.96. The first-order valence-corrected chi connectivity index (χ1v) is 8.38. The zero-order valence-electron chi connectivity index (χ0n) is 12.7. The Kier molecular flexibility index (Phi) is 8.38. The lowest BCUT2D eigenvalue weighted by atomic mass is 10.2. The maximum Gasteiger partial charge on any atom is 0.221 e. The van der Waals surface area contributed by atoms with E-state index in [1.54, 1.807) is 0 Å². The molecule has 1 atom stereocenters. The van der Waals surface area contributed by atoms with Crippen LogP contribution in [0.4, 0.5) is 5.69 Å². The van der Waals surface area contributed by atoms with Crippen molar-refractivity contribution in [1.29, 1.82) is 0 Å². The SMILES string of the molecule is CCCNC(CCC)CSc1ccc(NC(C)=O)cc1. The summed E-state index contributed by atoms with van der Waals surface area (Å²) < 4.78 is 0. The zero-order valence-corrected chi connectivity index (χ0v) is 13.6. The lowest BCUT2D eigenvalue weighted by Crippen LogP contribution is -2.31. The van der Waals surface area contributed by atoms with Crippen LogP contribution in [-0.4, -0.2) is 24.2 Å². The van der Waals surface area contributed by atoms with E-state index in [4.69, 9.17) is 0 Å². The Morgan fingerprint density at radius 2 is 1.90 bits per heavy atom. The number of carbonyl (C=O) groups is 1. The normalized spacial score (nSPS) is 12.2. The van der Waals surface area contributed by atoms with E-state index in [0.717, 1.165) is 18.0 Å². The number of carbonyl (C=O) groups excluding carboxylic acids is 1. The first-order valence-electron chi connectivity index (χ1n) is 7.39. The Morgan fingerprint density at radius 3 is 2.45 bits per heavy atom. The smallest absolute Gasteiger partial charge is 0.221 e. The van der Waals surface area contributed by atoms with Gasteiger partial charge in [0, 0.05) is 29.3 Å². The van der Waals surface area contributed by atoms with Crippen LogP contribution in [0.1, 0.15) is 40.0 Å². The number of amides is 1. The Bertz CT molecular complexity index is 392. The molecule has 0 bridgehead atoms. The van der Waals surface area contributed by atoms with Gasteiger partial charge in [-0.05, 0) is 43.7 Å². The molecule has 1 aromatic carbocycles. The Morgan fingerprint density at radius 1 is 1.20 bits per heavy atom. The van der Waals surface area contributed by atoms with Crippen molar-refractivity contribution < 1.29 is 4.79 Å². The maximum atomic E-state index is 11.0. The van der Waals surface area contributed by atoms with Gasteiger partial charge >= 0.3 is 0 Å². The van der Waals surface area contributed by atoms with Gasteiger partial charge in [0.2, 0.25) is 5.91 Å². The van der Waals surface area contributed by atoms with Crippen molar-refractivity contribution in [3.8, 4) is 0 Å². The van der Waals surface area contributed by atoms with Crippen LogP contribution in [-0.2, 0) is 4.79 Å². The number of hydrogen-bond donors (Lipinski definition) is 2. The monoisotopic (exact) mass is 294 g/mol. The fourth-order valence-corrected chi connectivity index (χ4v) is 2.98. The largest absolute Gasteiger partial charge is 0.326 e. The summed E-state index contributed by atoms with van der Waals surface area (Å²) in [6, 6.07) is 8.63. The molecule has 20 heavy (non-hydrogen) atoms. The quantitative estimate of drug-likeness (QED) is 0.679. The molecule has 0 aliphatic carbocycles. The first-order chi connectivity index (χ1) is 9.65. The van der Waals surface area contributed by atoms with Gasteiger partial charge < -0.3 is 10.6 Å². The second kappa shape index (κ2) is 9.83. The van der Waals surface area contributed by atoms with Gasteiger partial charge in [0.05, 0.1) is 0 Å². The van der Waals surface area contributed by atoms with Gasteiger partial charge in [0.15, 0.2) is 0 Å². The molecule has 0 heterocycles. The molecule has 1 unspecified atom stereocenters. The molecule has 0 spiro atoms. The van der Waals surface area contributed by atoms with Gasteiger partial charge in [-0.2, -0.15) is 0 Å². The Hall–Kier alpha value is -1.00. The summed E-state index contributed by atoms with van der Waals surface area (Å²) in [4.78, 5) is 12.2. The van der Waals surface area contributed by atoms with E-state index in [2.05, 4.69) is 36.6 Å². The van der Waals surface area contributed by atoms with Crippen LogP contribution in [0.25, 0.3) is 0 Å². The van der Waals surface area contributed by atoms with Crippen molar-refractivity contribution in [2.45, 2.75) is 51.0 Å². The van der Waals surface area contributed by atoms with Gasteiger partial charge in [-0.25, -0.2) is 0 Å². The predicted octanol–water partition coefficient (Wildman–Crippen LogP) is 3.91. The Balaban J connectivity index is 2.44. The van der Waals surface area contributed by atoms with Crippen molar-refractivity contribution >= 4 is 23.4 Å². The number of thioether (sulfide) groups is 1. The topological polar surface area (TPSA) is 41.1 Å². The predicted molar refractivity (Wildman–Crippen MR) is 88.5 cm³/mol. The molecule has 1 amide bonds. The summed E-state index contributed by atoms with van der Waals surface area (Å²) in [6.45, 7) is 7.04. The van der Waals surface area contributed by atoms with E-state index in [0.29, 0.717) is 6.04 Å². The number of hydrogen-bond acceptors (Lipinski definition) is 3. The molecule has 2 N–H and O–H groups in total. The van der Waals surface area contributed by atoms with Crippen LogP contribution in [0.15, 0.2) is 29.2 Å². The van der Waals surface area contributed by atoms with Gasteiger partial charge in [-0.1, -0.05) is 20.3 Å². The summed E-state index contributed by atoms with van der Waals surface area (Å²) in [5, 5.41) is 6.38. The van der Waals surface area contributed by atoms with Gasteiger partial charge in [0.1, 0.15) is 0 Å². The summed E-state index contributed by atoms with van der Waals surface area (Å²) in [5.41, 5.74) is 0.857. The molecule has 0 aliphatic rings. The van der Waals surface area contributed by atoms with Crippen LogP contribution in [0, 0.1) is 0 Å². The van der Waals surface area contributed by atoms with Crippen molar-refractivity contribution in [2.75, 3.05) is 17.6 Å². The summed E-state index contributed by atoms with van der Waals surface area (Å²) in [6.07, 6.45) is 3.61.